The quantitative estimate of drug-likeness (QED) is 0.292. The number of methoxy groups -OCH3 is 1. The average Bonchev–Trinajstić information content (AvgIpc) is 3.62. The Bertz CT molecular complexity index is 992. The minimum atomic E-state index is -1.49. The first-order valence-electron chi connectivity index (χ1n) is 17.4. The van der Waals surface area contributed by atoms with Gasteiger partial charge in [-0.05, 0) is 119 Å². The molecule has 0 spiro atoms. The van der Waals surface area contributed by atoms with Crippen molar-refractivity contribution in [1.29, 1.82) is 0 Å². The van der Waals surface area contributed by atoms with Crippen LogP contribution in [0.3, 0.4) is 0 Å². The van der Waals surface area contributed by atoms with E-state index in [1.54, 1.807) is 16.2 Å². The Morgan fingerprint density at radius 1 is 0.732 bits per heavy atom. The lowest BCUT2D eigenvalue weighted by atomic mass is 9.54. The van der Waals surface area contributed by atoms with Crippen molar-refractivity contribution in [3.8, 4) is 0 Å². The zero-order valence-electron chi connectivity index (χ0n) is 28.3. The molecule has 0 bridgehead atoms. The summed E-state index contributed by atoms with van der Waals surface area (Å²) < 4.78 is 6.39. The van der Waals surface area contributed by atoms with Crippen LogP contribution in [0, 0.1) is 58.2 Å². The highest BCUT2D eigenvalue weighted by molar-refractivity contribution is 8.05. The number of thioether (sulfide) groups is 2. The van der Waals surface area contributed by atoms with Crippen molar-refractivity contribution < 1.29 is 4.74 Å². The number of allylic oxidation sites excluding steroid dienone is 4. The number of fused-ring (bicyclic) bond motifs is 4. The summed E-state index contributed by atoms with van der Waals surface area (Å²) in [6, 6.07) is 0. The van der Waals surface area contributed by atoms with Crippen LogP contribution in [0.5, 0.6) is 0 Å². The normalized spacial score (nSPS) is 46.7. The van der Waals surface area contributed by atoms with Crippen LogP contribution >= 0.6 is 23.5 Å². The summed E-state index contributed by atoms with van der Waals surface area (Å²) in [6.07, 6.45) is 16.2. The Kier molecular flexibility index (Phi) is 8.42. The van der Waals surface area contributed by atoms with Crippen molar-refractivity contribution in [1.82, 2.24) is 0 Å². The summed E-state index contributed by atoms with van der Waals surface area (Å²) in [5.74, 6) is 6.79. The standard InChI is InChI=1S/C37H62OS2Si/c1-21-17-27-28-18-22(2)40-34(28)35(33(27)39-21)41(10,11)31-16-15-25-24(13-12-14-26(25)31)23-19-29(36(3,4)5)32(38-9)30(20-23)37(6,7)8/h17-18,23-35H,12-16,19-20H2,1-11H3. The van der Waals surface area contributed by atoms with Gasteiger partial charge in [0.15, 0.2) is 0 Å². The monoisotopic (exact) mass is 614 g/mol. The smallest absolute Gasteiger partial charge is 0.0637 e. The molecule has 4 heteroatoms. The van der Waals surface area contributed by atoms with Gasteiger partial charge in [0.05, 0.1) is 14.2 Å². The van der Waals surface area contributed by atoms with E-state index in [1.807, 2.05) is 7.11 Å². The molecule has 10 unspecified atom stereocenters. The topological polar surface area (TPSA) is 9.23 Å². The molecule has 4 fully saturated rings. The van der Waals surface area contributed by atoms with Gasteiger partial charge in [-0.2, -0.15) is 0 Å². The first-order chi connectivity index (χ1) is 19.1. The molecule has 2 heterocycles. The van der Waals surface area contributed by atoms with E-state index in [1.165, 1.54) is 38.5 Å². The lowest BCUT2D eigenvalue weighted by Crippen LogP contribution is -2.51. The predicted octanol–water partition coefficient (Wildman–Crippen LogP) is 11.3. The van der Waals surface area contributed by atoms with E-state index in [0.29, 0.717) is 28.8 Å². The first-order valence-corrected chi connectivity index (χ1v) is 22.3. The van der Waals surface area contributed by atoms with Crippen LogP contribution in [-0.2, 0) is 4.74 Å². The van der Waals surface area contributed by atoms with Crippen LogP contribution in [0.4, 0.5) is 0 Å². The number of rotatable bonds is 4. The summed E-state index contributed by atoms with van der Waals surface area (Å²) in [6.45, 7) is 25.5. The van der Waals surface area contributed by atoms with Gasteiger partial charge in [0.2, 0.25) is 0 Å². The van der Waals surface area contributed by atoms with Gasteiger partial charge in [-0.1, -0.05) is 86.1 Å². The van der Waals surface area contributed by atoms with E-state index in [9.17, 15) is 0 Å². The van der Waals surface area contributed by atoms with E-state index in [-0.39, 0.29) is 0 Å². The maximum absolute atomic E-state index is 6.39. The van der Waals surface area contributed by atoms with Crippen molar-refractivity contribution in [2.45, 2.75) is 141 Å². The molecule has 0 amide bonds. The van der Waals surface area contributed by atoms with Gasteiger partial charge >= 0.3 is 0 Å². The molecule has 2 aliphatic heterocycles. The molecule has 0 N–H and O–H groups in total. The van der Waals surface area contributed by atoms with Crippen molar-refractivity contribution in [2.75, 3.05) is 7.11 Å². The fourth-order valence-electron chi connectivity index (χ4n) is 12.0. The minimum Gasteiger partial charge on any atom is -0.381 e. The SMILES string of the molecule is COC1C(C(C)(C)C)CC(C2CCCC3C2CCC3[Si](C)(C)C2C3SC(C)=CC3C3C=C(C)SC32)CC1C(C)(C)C. The Labute approximate surface area is 263 Å². The van der Waals surface area contributed by atoms with Crippen LogP contribution in [0.15, 0.2) is 22.0 Å². The predicted molar refractivity (Wildman–Crippen MR) is 185 cm³/mol. The third-order valence-corrected chi connectivity index (χ3v) is 22.1. The zero-order chi connectivity index (χ0) is 29.6. The van der Waals surface area contributed by atoms with E-state index in [2.05, 4.69) is 104 Å². The molecule has 6 aliphatic rings. The molecule has 232 valence electrons. The summed E-state index contributed by atoms with van der Waals surface area (Å²) in [5.41, 5.74) is 2.60. The first kappa shape index (κ1) is 31.3. The molecule has 4 aliphatic carbocycles. The third kappa shape index (κ3) is 5.35. The molecule has 1 nitrogen and oxygen atoms in total. The highest BCUT2D eigenvalue weighted by Crippen LogP contribution is 2.69. The van der Waals surface area contributed by atoms with E-state index >= 15 is 0 Å². The second-order valence-corrected chi connectivity index (χ2v) is 26.1. The summed E-state index contributed by atoms with van der Waals surface area (Å²) >= 11 is 4.58. The Morgan fingerprint density at radius 2 is 1.24 bits per heavy atom. The van der Waals surface area contributed by atoms with Gasteiger partial charge in [0, 0.05) is 17.6 Å². The molecule has 10 atom stereocenters. The number of ether oxygens (including phenoxy) is 1. The highest BCUT2D eigenvalue weighted by Gasteiger charge is 2.62. The lowest BCUT2D eigenvalue weighted by molar-refractivity contribution is -0.118. The second-order valence-electron chi connectivity index (χ2n) is 18.2. The van der Waals surface area contributed by atoms with E-state index < -0.39 is 8.07 Å². The van der Waals surface area contributed by atoms with Crippen LogP contribution in [0.25, 0.3) is 0 Å². The molecule has 4 saturated carbocycles. The van der Waals surface area contributed by atoms with Gasteiger partial charge in [-0.3, -0.25) is 0 Å². The average molecular weight is 615 g/mol. The van der Waals surface area contributed by atoms with Crippen LogP contribution < -0.4 is 0 Å². The Hall–Kier alpha value is 0.357. The fourth-order valence-corrected chi connectivity index (χ4v) is 22.5. The summed E-state index contributed by atoms with van der Waals surface area (Å²) in [7, 11) is 0.517. The van der Waals surface area contributed by atoms with Crippen LogP contribution in [-0.4, -0.2) is 31.8 Å². The fraction of sp³-hybridized carbons (Fsp3) is 0.892. The molecule has 6 rings (SSSR count). The molecule has 0 aromatic heterocycles. The molecule has 0 aromatic rings. The Balaban J connectivity index is 1.25. The zero-order valence-corrected chi connectivity index (χ0v) is 31.0. The highest BCUT2D eigenvalue weighted by atomic mass is 32.2. The maximum atomic E-state index is 6.39. The number of hydrogen-bond acceptors (Lipinski definition) is 3. The summed E-state index contributed by atoms with van der Waals surface area (Å²) in [5, 5.41) is 1.73. The van der Waals surface area contributed by atoms with Crippen molar-refractivity contribution in [3.63, 3.8) is 0 Å². The van der Waals surface area contributed by atoms with Crippen molar-refractivity contribution in [2.24, 2.45) is 58.2 Å². The van der Waals surface area contributed by atoms with Gasteiger partial charge in [-0.15, -0.1) is 23.5 Å². The largest absolute Gasteiger partial charge is 0.381 e. The number of hydrogen-bond donors (Lipinski definition) is 0. The van der Waals surface area contributed by atoms with Gasteiger partial charge in [-0.25, -0.2) is 0 Å². The molecule has 41 heavy (non-hydrogen) atoms. The lowest BCUT2D eigenvalue weighted by Gasteiger charge is -2.54. The third-order valence-electron chi connectivity index (χ3n) is 13.7. The van der Waals surface area contributed by atoms with Gasteiger partial charge in [0.1, 0.15) is 0 Å². The minimum absolute atomic E-state index is 0.301. The molecule has 0 aromatic carbocycles. The molecular formula is C37H62OS2Si. The molecular weight excluding hydrogens is 553 g/mol. The maximum Gasteiger partial charge on any atom is 0.0637 e. The van der Waals surface area contributed by atoms with Gasteiger partial charge in [0.25, 0.3) is 0 Å². The second kappa shape index (κ2) is 11.0. The molecule has 0 saturated heterocycles. The van der Waals surface area contributed by atoms with Gasteiger partial charge < -0.3 is 4.74 Å². The van der Waals surface area contributed by atoms with E-state index in [0.717, 1.165) is 57.1 Å². The Morgan fingerprint density at radius 3 is 1.73 bits per heavy atom. The van der Waals surface area contributed by atoms with E-state index in [4.69, 9.17) is 4.74 Å². The molecule has 0 radical (unpaired) electrons. The summed E-state index contributed by atoms with van der Waals surface area (Å²) in [4.78, 5) is 3.23. The van der Waals surface area contributed by atoms with Crippen LogP contribution in [0.2, 0.25) is 24.2 Å². The van der Waals surface area contributed by atoms with Crippen LogP contribution in [0.1, 0.15) is 100 Å². The van der Waals surface area contributed by atoms with Crippen molar-refractivity contribution >= 4 is 31.6 Å². The van der Waals surface area contributed by atoms with Crippen molar-refractivity contribution in [3.05, 3.63) is 22.0 Å².